The number of amides is 2. The van der Waals surface area contributed by atoms with Crippen molar-refractivity contribution in [1.29, 1.82) is 0 Å². The van der Waals surface area contributed by atoms with Gasteiger partial charge in [-0.3, -0.25) is 9.59 Å². The SMILES string of the molecule is CCCCCCCCCC(=O)NCC(=O)NN=Cc1ccc(OC(=O)c2sc3ccccc3c2Cl)cc1. The van der Waals surface area contributed by atoms with Gasteiger partial charge < -0.3 is 10.1 Å². The van der Waals surface area contributed by atoms with Gasteiger partial charge in [-0.05, 0) is 42.3 Å². The van der Waals surface area contributed by atoms with E-state index in [4.69, 9.17) is 16.3 Å². The number of esters is 1. The zero-order valence-corrected chi connectivity index (χ0v) is 22.5. The molecular weight excluding hydrogens is 510 g/mol. The number of nitrogens with zero attached hydrogens (tertiary/aromatic N) is 1. The highest BCUT2D eigenvalue weighted by atomic mass is 35.5. The van der Waals surface area contributed by atoms with Crippen LogP contribution in [0, 0.1) is 0 Å². The highest BCUT2D eigenvalue weighted by Gasteiger charge is 2.18. The van der Waals surface area contributed by atoms with Crippen molar-refractivity contribution in [3.63, 3.8) is 0 Å². The van der Waals surface area contributed by atoms with E-state index in [0.29, 0.717) is 27.6 Å². The standard InChI is InChI=1S/C28H32ClN3O4S/c1-2-3-4-5-6-7-8-13-24(33)30-19-25(34)32-31-18-20-14-16-21(17-15-20)36-28(35)27-26(29)22-11-9-10-12-23(22)37-27/h9-12,14-18H,2-8,13,19H2,1H3,(H,30,33)(H,32,34). The van der Waals surface area contributed by atoms with E-state index in [9.17, 15) is 14.4 Å². The molecule has 0 saturated heterocycles. The summed E-state index contributed by atoms with van der Waals surface area (Å²) in [5.41, 5.74) is 3.08. The van der Waals surface area contributed by atoms with E-state index in [0.717, 1.165) is 29.3 Å². The van der Waals surface area contributed by atoms with Crippen molar-refractivity contribution in [1.82, 2.24) is 10.7 Å². The molecule has 0 aliphatic heterocycles. The van der Waals surface area contributed by atoms with Crippen LogP contribution >= 0.6 is 22.9 Å². The molecule has 0 radical (unpaired) electrons. The fourth-order valence-corrected chi connectivity index (χ4v) is 5.03. The second-order valence-electron chi connectivity index (χ2n) is 8.64. The molecule has 2 N–H and O–H groups in total. The van der Waals surface area contributed by atoms with Crippen LogP contribution < -0.4 is 15.5 Å². The third kappa shape index (κ3) is 9.30. The Morgan fingerprint density at radius 3 is 2.38 bits per heavy atom. The molecule has 0 spiro atoms. The third-order valence-corrected chi connectivity index (χ3v) is 7.32. The quantitative estimate of drug-likeness (QED) is 0.0802. The molecule has 0 fully saturated rings. The highest BCUT2D eigenvalue weighted by Crippen LogP contribution is 2.35. The number of hydrogen-bond donors (Lipinski definition) is 2. The van der Waals surface area contributed by atoms with Crippen LogP contribution in [-0.4, -0.2) is 30.5 Å². The molecule has 7 nitrogen and oxygen atoms in total. The molecule has 2 amide bonds. The van der Waals surface area contributed by atoms with Crippen molar-refractivity contribution < 1.29 is 19.1 Å². The number of hydrazone groups is 1. The topological polar surface area (TPSA) is 96.9 Å². The van der Waals surface area contributed by atoms with E-state index in [2.05, 4.69) is 22.8 Å². The number of nitrogens with one attached hydrogen (secondary N) is 2. The normalized spacial score (nSPS) is 11.1. The number of ether oxygens (including phenoxy) is 1. The number of hydrogen-bond acceptors (Lipinski definition) is 6. The molecule has 1 aromatic heterocycles. The molecule has 3 rings (SSSR count). The van der Waals surface area contributed by atoms with Gasteiger partial charge in [-0.2, -0.15) is 5.10 Å². The lowest BCUT2D eigenvalue weighted by Crippen LogP contribution is -2.34. The van der Waals surface area contributed by atoms with E-state index in [1.165, 1.54) is 43.2 Å². The van der Waals surface area contributed by atoms with E-state index >= 15 is 0 Å². The van der Waals surface area contributed by atoms with Gasteiger partial charge in [-0.25, -0.2) is 10.2 Å². The maximum absolute atomic E-state index is 12.6. The number of carbonyl (C=O) groups excluding carboxylic acids is 3. The first-order valence-electron chi connectivity index (χ1n) is 12.6. The highest BCUT2D eigenvalue weighted by molar-refractivity contribution is 7.21. The Morgan fingerprint density at radius 1 is 0.946 bits per heavy atom. The first kappa shape index (κ1) is 28.3. The summed E-state index contributed by atoms with van der Waals surface area (Å²) in [6, 6.07) is 14.2. The predicted octanol–water partition coefficient (Wildman–Crippen LogP) is 6.48. The Labute approximate surface area is 226 Å². The van der Waals surface area contributed by atoms with Crippen molar-refractivity contribution >= 4 is 57.0 Å². The van der Waals surface area contributed by atoms with E-state index in [1.807, 2.05) is 24.3 Å². The van der Waals surface area contributed by atoms with Crippen molar-refractivity contribution in [2.24, 2.45) is 5.10 Å². The minimum absolute atomic E-state index is 0.123. The Balaban J connectivity index is 1.36. The maximum Gasteiger partial charge on any atom is 0.355 e. The molecule has 0 aliphatic carbocycles. The average molecular weight is 542 g/mol. The molecule has 3 aromatic rings. The van der Waals surface area contributed by atoms with Crippen LogP contribution in [0.3, 0.4) is 0 Å². The molecule has 1 heterocycles. The first-order chi connectivity index (χ1) is 18.0. The summed E-state index contributed by atoms with van der Waals surface area (Å²) < 4.78 is 6.37. The van der Waals surface area contributed by atoms with Crippen molar-refractivity contribution in [3.8, 4) is 5.75 Å². The monoisotopic (exact) mass is 541 g/mol. The molecule has 0 unspecified atom stereocenters. The molecule has 0 atom stereocenters. The Kier molecular flexibility index (Phi) is 11.6. The summed E-state index contributed by atoms with van der Waals surface area (Å²) in [7, 11) is 0. The lowest BCUT2D eigenvalue weighted by molar-refractivity contribution is -0.126. The number of halogens is 1. The van der Waals surface area contributed by atoms with E-state index in [1.54, 1.807) is 24.3 Å². The number of fused-ring (bicyclic) bond motifs is 1. The lowest BCUT2D eigenvalue weighted by atomic mass is 10.1. The number of unbranched alkanes of at least 4 members (excludes halogenated alkanes) is 6. The summed E-state index contributed by atoms with van der Waals surface area (Å²) in [6.45, 7) is 2.07. The summed E-state index contributed by atoms with van der Waals surface area (Å²) in [5, 5.41) is 7.73. The number of thiophene rings is 1. The van der Waals surface area contributed by atoms with Gasteiger partial charge in [0, 0.05) is 16.5 Å². The zero-order chi connectivity index (χ0) is 26.5. The summed E-state index contributed by atoms with van der Waals surface area (Å²) >= 11 is 7.64. The smallest absolute Gasteiger partial charge is 0.355 e. The summed E-state index contributed by atoms with van der Waals surface area (Å²) in [4.78, 5) is 36.7. The van der Waals surface area contributed by atoms with E-state index in [-0.39, 0.29) is 12.5 Å². The van der Waals surface area contributed by atoms with Gasteiger partial charge in [0.2, 0.25) is 5.91 Å². The second kappa shape index (κ2) is 15.1. The second-order valence-corrected chi connectivity index (χ2v) is 10.1. The van der Waals surface area contributed by atoms with Gasteiger partial charge in [0.05, 0.1) is 17.8 Å². The average Bonchev–Trinajstić information content (AvgIpc) is 3.24. The number of benzene rings is 2. The Morgan fingerprint density at radius 2 is 1.65 bits per heavy atom. The van der Waals surface area contributed by atoms with Gasteiger partial charge in [-0.1, -0.05) is 75.2 Å². The van der Waals surface area contributed by atoms with Crippen LogP contribution in [0.4, 0.5) is 0 Å². The van der Waals surface area contributed by atoms with Crippen LogP contribution in [0.25, 0.3) is 10.1 Å². The number of rotatable bonds is 14. The summed E-state index contributed by atoms with van der Waals surface area (Å²) in [6.07, 6.45) is 9.86. The molecule has 2 aromatic carbocycles. The van der Waals surface area contributed by atoms with Crippen molar-refractivity contribution in [2.75, 3.05) is 6.54 Å². The van der Waals surface area contributed by atoms with E-state index < -0.39 is 11.9 Å². The third-order valence-electron chi connectivity index (χ3n) is 5.67. The maximum atomic E-state index is 12.6. The molecule has 0 aliphatic rings. The predicted molar refractivity (Wildman–Crippen MR) is 150 cm³/mol. The molecule has 37 heavy (non-hydrogen) atoms. The summed E-state index contributed by atoms with van der Waals surface area (Å²) in [5.74, 6) is -0.693. The van der Waals surface area contributed by atoms with Gasteiger partial charge in [-0.15, -0.1) is 11.3 Å². The molecule has 0 bridgehead atoms. The molecule has 0 saturated carbocycles. The fourth-order valence-electron chi connectivity index (χ4n) is 3.65. The van der Waals surface area contributed by atoms with Crippen LogP contribution in [-0.2, 0) is 9.59 Å². The largest absolute Gasteiger partial charge is 0.422 e. The first-order valence-corrected chi connectivity index (χ1v) is 13.7. The van der Waals surface area contributed by atoms with Crippen LogP contribution in [0.1, 0.15) is 73.5 Å². The molecular formula is C28H32ClN3O4S. The Bertz CT molecular complexity index is 1220. The molecule has 196 valence electrons. The number of carbonyl (C=O) groups is 3. The lowest BCUT2D eigenvalue weighted by Gasteiger charge is -2.05. The van der Waals surface area contributed by atoms with Crippen LogP contribution in [0.5, 0.6) is 5.75 Å². The van der Waals surface area contributed by atoms with Gasteiger partial charge in [0.25, 0.3) is 5.91 Å². The molecule has 9 heteroatoms. The zero-order valence-electron chi connectivity index (χ0n) is 20.9. The van der Waals surface area contributed by atoms with Crippen molar-refractivity contribution in [3.05, 3.63) is 64.0 Å². The van der Waals surface area contributed by atoms with Crippen LogP contribution in [0.2, 0.25) is 5.02 Å². The Hall–Kier alpha value is -3.23. The minimum atomic E-state index is -0.520. The van der Waals surface area contributed by atoms with Crippen LogP contribution in [0.15, 0.2) is 53.6 Å². The fraction of sp³-hybridized carbons (Fsp3) is 0.357. The van der Waals surface area contributed by atoms with Gasteiger partial charge in [0.15, 0.2) is 0 Å². The van der Waals surface area contributed by atoms with Gasteiger partial charge in [0.1, 0.15) is 10.6 Å². The van der Waals surface area contributed by atoms with Gasteiger partial charge >= 0.3 is 5.97 Å². The minimum Gasteiger partial charge on any atom is -0.422 e. The van der Waals surface area contributed by atoms with Crippen molar-refractivity contribution in [2.45, 2.75) is 58.3 Å².